The smallest absolute Gasteiger partial charge is 0.338 e. The van der Waals surface area contributed by atoms with Crippen LogP contribution in [0.25, 0.3) is 16.5 Å². The topological polar surface area (TPSA) is 65.8 Å². The third-order valence-electron chi connectivity index (χ3n) is 7.55. The standard InChI is InChI=1S/C28H33N3O3/c32-27-24-11-5-4-10-23(24)26(28(33)34)25(31(27)22-8-2-1-3-9-22)20-30-18-13-21(14-19-30)12-17-29-15-6-7-16-29/h1-5,8-11,21H,6-7,12-20H2,(H,33,34). The largest absolute Gasteiger partial charge is 0.478 e. The van der Waals surface area contributed by atoms with Crippen molar-refractivity contribution in [2.75, 3.05) is 32.7 Å². The van der Waals surface area contributed by atoms with Gasteiger partial charge in [0, 0.05) is 23.0 Å². The number of carbonyl (C=O) groups is 1. The lowest BCUT2D eigenvalue weighted by molar-refractivity contribution is 0.0694. The van der Waals surface area contributed by atoms with Crippen LogP contribution in [0.4, 0.5) is 0 Å². The first-order valence-electron chi connectivity index (χ1n) is 12.5. The Morgan fingerprint density at radius 1 is 0.853 bits per heavy atom. The number of carboxylic acids is 1. The Hall–Kier alpha value is -2.96. The summed E-state index contributed by atoms with van der Waals surface area (Å²) in [5, 5.41) is 11.2. The summed E-state index contributed by atoms with van der Waals surface area (Å²) < 4.78 is 1.62. The highest BCUT2D eigenvalue weighted by Gasteiger charge is 2.26. The zero-order valence-corrected chi connectivity index (χ0v) is 19.7. The highest BCUT2D eigenvalue weighted by Crippen LogP contribution is 2.27. The van der Waals surface area contributed by atoms with E-state index in [-0.39, 0.29) is 11.1 Å². The Labute approximate surface area is 200 Å². The SMILES string of the molecule is O=C(O)c1c(CN2CCC(CCN3CCCC3)CC2)n(-c2ccccc2)c(=O)c2ccccc12. The van der Waals surface area contributed by atoms with E-state index in [1.54, 1.807) is 28.8 Å². The number of aromatic carboxylic acids is 1. The zero-order chi connectivity index (χ0) is 23.5. The summed E-state index contributed by atoms with van der Waals surface area (Å²) in [5.74, 6) is -0.264. The number of nitrogens with zero attached hydrogens (tertiary/aromatic N) is 3. The molecule has 5 rings (SSSR count). The second-order valence-electron chi connectivity index (χ2n) is 9.71. The number of para-hydroxylation sites is 1. The molecule has 2 aromatic carbocycles. The number of piperidine rings is 1. The second-order valence-corrected chi connectivity index (χ2v) is 9.71. The minimum Gasteiger partial charge on any atom is -0.478 e. The third kappa shape index (κ3) is 4.65. The number of pyridine rings is 1. The van der Waals surface area contributed by atoms with Gasteiger partial charge < -0.3 is 10.0 Å². The van der Waals surface area contributed by atoms with Crippen molar-refractivity contribution < 1.29 is 9.90 Å². The fourth-order valence-corrected chi connectivity index (χ4v) is 5.65. The Morgan fingerprint density at radius 2 is 1.50 bits per heavy atom. The molecule has 0 spiro atoms. The molecule has 0 saturated carbocycles. The molecule has 6 nitrogen and oxygen atoms in total. The highest BCUT2D eigenvalue weighted by atomic mass is 16.4. The molecule has 1 N–H and O–H groups in total. The minimum atomic E-state index is -0.989. The lowest BCUT2D eigenvalue weighted by Gasteiger charge is -2.33. The molecular formula is C28H33N3O3. The Bertz CT molecular complexity index is 1210. The van der Waals surface area contributed by atoms with Crippen LogP contribution in [0.1, 0.15) is 48.2 Å². The van der Waals surface area contributed by atoms with E-state index in [9.17, 15) is 14.7 Å². The van der Waals surface area contributed by atoms with Gasteiger partial charge in [-0.2, -0.15) is 0 Å². The molecule has 0 atom stereocenters. The summed E-state index contributed by atoms with van der Waals surface area (Å²) >= 11 is 0. The summed E-state index contributed by atoms with van der Waals surface area (Å²) in [5.41, 5.74) is 1.34. The van der Waals surface area contributed by atoms with E-state index in [0.29, 0.717) is 28.7 Å². The minimum absolute atomic E-state index is 0.165. The van der Waals surface area contributed by atoms with Crippen LogP contribution in [-0.4, -0.2) is 58.2 Å². The van der Waals surface area contributed by atoms with Crippen molar-refractivity contribution in [1.82, 2.24) is 14.4 Å². The third-order valence-corrected chi connectivity index (χ3v) is 7.55. The monoisotopic (exact) mass is 459 g/mol. The predicted molar refractivity (Wildman–Crippen MR) is 135 cm³/mol. The van der Waals surface area contributed by atoms with Crippen LogP contribution in [0, 0.1) is 5.92 Å². The molecule has 6 heteroatoms. The molecule has 178 valence electrons. The van der Waals surface area contributed by atoms with Crippen molar-refractivity contribution in [3.63, 3.8) is 0 Å². The van der Waals surface area contributed by atoms with Gasteiger partial charge in [0.15, 0.2) is 0 Å². The molecule has 1 aromatic heterocycles. The van der Waals surface area contributed by atoms with E-state index >= 15 is 0 Å². The molecular weight excluding hydrogens is 426 g/mol. The van der Waals surface area contributed by atoms with E-state index in [4.69, 9.17) is 0 Å². The van der Waals surface area contributed by atoms with Crippen LogP contribution in [0.5, 0.6) is 0 Å². The average molecular weight is 460 g/mol. The normalized spacial score (nSPS) is 18.0. The van der Waals surface area contributed by atoms with Crippen molar-refractivity contribution in [1.29, 1.82) is 0 Å². The van der Waals surface area contributed by atoms with Crippen molar-refractivity contribution in [3.8, 4) is 5.69 Å². The molecule has 2 fully saturated rings. The maximum atomic E-state index is 13.6. The van der Waals surface area contributed by atoms with Crippen molar-refractivity contribution in [3.05, 3.63) is 76.2 Å². The summed E-state index contributed by atoms with van der Waals surface area (Å²) in [6, 6.07) is 16.5. The summed E-state index contributed by atoms with van der Waals surface area (Å²) in [7, 11) is 0. The zero-order valence-electron chi connectivity index (χ0n) is 19.7. The van der Waals surface area contributed by atoms with Crippen molar-refractivity contribution >= 4 is 16.7 Å². The van der Waals surface area contributed by atoms with Gasteiger partial charge in [-0.25, -0.2) is 4.79 Å². The molecule has 34 heavy (non-hydrogen) atoms. The highest BCUT2D eigenvalue weighted by molar-refractivity contribution is 6.04. The number of likely N-dealkylation sites (tertiary alicyclic amines) is 2. The van der Waals surface area contributed by atoms with E-state index in [0.717, 1.165) is 31.8 Å². The quantitative estimate of drug-likeness (QED) is 0.568. The molecule has 2 aliphatic heterocycles. The van der Waals surface area contributed by atoms with E-state index in [2.05, 4.69) is 9.80 Å². The Morgan fingerprint density at radius 3 is 2.18 bits per heavy atom. The van der Waals surface area contributed by atoms with Crippen LogP contribution in [0.2, 0.25) is 0 Å². The summed E-state index contributed by atoms with van der Waals surface area (Å²) in [4.78, 5) is 31.0. The first-order valence-corrected chi connectivity index (χ1v) is 12.5. The fourth-order valence-electron chi connectivity index (χ4n) is 5.65. The molecule has 3 aromatic rings. The Kier molecular flexibility index (Phi) is 6.79. The average Bonchev–Trinajstić information content (AvgIpc) is 3.38. The van der Waals surface area contributed by atoms with Gasteiger partial charge in [0.2, 0.25) is 0 Å². The summed E-state index contributed by atoms with van der Waals surface area (Å²) in [6.45, 7) is 6.01. The maximum absolute atomic E-state index is 13.6. The molecule has 0 aliphatic carbocycles. The van der Waals surface area contributed by atoms with Gasteiger partial charge in [0.25, 0.3) is 5.56 Å². The molecule has 3 heterocycles. The van der Waals surface area contributed by atoms with Crippen LogP contribution >= 0.6 is 0 Å². The van der Waals surface area contributed by atoms with E-state index in [1.807, 2.05) is 30.3 Å². The molecule has 0 unspecified atom stereocenters. The number of carboxylic acid groups (broad SMARTS) is 1. The lowest BCUT2D eigenvalue weighted by atomic mass is 9.93. The van der Waals surface area contributed by atoms with Gasteiger partial charge in [-0.15, -0.1) is 0 Å². The first kappa shape index (κ1) is 22.8. The molecule has 0 amide bonds. The van der Waals surface area contributed by atoms with Gasteiger partial charge in [0.05, 0.1) is 11.3 Å². The van der Waals surface area contributed by atoms with Crippen LogP contribution in [-0.2, 0) is 6.54 Å². The van der Waals surface area contributed by atoms with Gasteiger partial charge in [0.1, 0.15) is 0 Å². The van der Waals surface area contributed by atoms with E-state index < -0.39 is 5.97 Å². The predicted octanol–water partition coefficient (Wildman–Crippen LogP) is 4.39. The van der Waals surface area contributed by atoms with Crippen LogP contribution < -0.4 is 5.56 Å². The van der Waals surface area contributed by atoms with Crippen LogP contribution in [0.3, 0.4) is 0 Å². The molecule has 0 radical (unpaired) electrons. The van der Waals surface area contributed by atoms with E-state index in [1.165, 1.54) is 38.9 Å². The number of rotatable bonds is 7. The van der Waals surface area contributed by atoms with Crippen molar-refractivity contribution in [2.24, 2.45) is 5.92 Å². The van der Waals surface area contributed by atoms with Gasteiger partial charge >= 0.3 is 5.97 Å². The summed E-state index contributed by atoms with van der Waals surface area (Å²) in [6.07, 6.45) is 6.16. The van der Waals surface area contributed by atoms with Gasteiger partial charge in [-0.1, -0.05) is 36.4 Å². The Balaban J connectivity index is 1.44. The number of benzene rings is 2. The number of aromatic nitrogens is 1. The maximum Gasteiger partial charge on any atom is 0.338 e. The molecule has 2 aliphatic rings. The van der Waals surface area contributed by atoms with Crippen LogP contribution in [0.15, 0.2) is 59.4 Å². The molecule has 2 saturated heterocycles. The fraction of sp³-hybridized carbons (Fsp3) is 0.429. The number of hydrogen-bond acceptors (Lipinski definition) is 4. The number of hydrogen-bond donors (Lipinski definition) is 1. The van der Waals surface area contributed by atoms with Crippen molar-refractivity contribution in [2.45, 2.75) is 38.6 Å². The second kappa shape index (κ2) is 10.1. The first-order chi connectivity index (χ1) is 16.6. The number of fused-ring (bicyclic) bond motifs is 1. The van der Waals surface area contributed by atoms with Gasteiger partial charge in [-0.05, 0) is 88.9 Å². The molecule has 0 bridgehead atoms. The lowest BCUT2D eigenvalue weighted by Crippen LogP contribution is -2.37. The van der Waals surface area contributed by atoms with Gasteiger partial charge in [-0.3, -0.25) is 14.3 Å².